The highest BCUT2D eigenvalue weighted by molar-refractivity contribution is 7.22. The number of carbonyl (C=O) groups is 1. The fourth-order valence-corrected chi connectivity index (χ4v) is 4.67. The summed E-state index contributed by atoms with van der Waals surface area (Å²) in [5, 5.41) is 0.638. The van der Waals surface area contributed by atoms with E-state index in [0.29, 0.717) is 43.0 Å². The average molecular weight is 472 g/mol. The maximum Gasteiger partial charge on any atom is 0.266 e. The maximum atomic E-state index is 13.3. The molecule has 1 aromatic heterocycles. The zero-order chi connectivity index (χ0) is 23.0. The number of morpholine rings is 1. The van der Waals surface area contributed by atoms with Crippen molar-refractivity contribution >= 4 is 32.6 Å². The Morgan fingerprint density at radius 2 is 1.85 bits per heavy atom. The number of nitrogens with zero attached hydrogens (tertiary/aromatic N) is 3. The van der Waals surface area contributed by atoms with Gasteiger partial charge in [-0.3, -0.25) is 14.6 Å². The van der Waals surface area contributed by atoms with Crippen molar-refractivity contribution in [3.05, 3.63) is 42.5 Å². The van der Waals surface area contributed by atoms with Crippen LogP contribution in [0.25, 0.3) is 10.2 Å². The molecule has 9 heteroatoms. The molecule has 0 saturated carbocycles. The number of hydrogen-bond acceptors (Lipinski definition) is 8. The summed E-state index contributed by atoms with van der Waals surface area (Å²) < 4.78 is 23.3. The van der Waals surface area contributed by atoms with Crippen LogP contribution in [0.2, 0.25) is 0 Å². The zero-order valence-corrected chi connectivity index (χ0v) is 19.8. The summed E-state index contributed by atoms with van der Waals surface area (Å²) >= 11 is 1.48. The van der Waals surface area contributed by atoms with Crippen LogP contribution < -0.4 is 19.1 Å². The second-order valence-corrected chi connectivity index (χ2v) is 8.48. The lowest BCUT2D eigenvalue weighted by molar-refractivity contribution is -0.120. The van der Waals surface area contributed by atoms with E-state index in [1.807, 2.05) is 37.3 Å². The van der Waals surface area contributed by atoms with Crippen LogP contribution in [-0.2, 0) is 9.53 Å². The van der Waals surface area contributed by atoms with Crippen molar-refractivity contribution in [2.75, 3.05) is 64.6 Å². The number of amides is 1. The molecule has 1 fully saturated rings. The number of benzene rings is 2. The molecule has 0 radical (unpaired) electrons. The van der Waals surface area contributed by atoms with Crippen LogP contribution in [0.5, 0.6) is 17.2 Å². The summed E-state index contributed by atoms with van der Waals surface area (Å²) in [6, 6.07) is 13.1. The summed E-state index contributed by atoms with van der Waals surface area (Å²) in [5.74, 6) is 1.69. The van der Waals surface area contributed by atoms with E-state index in [-0.39, 0.29) is 12.5 Å². The Morgan fingerprint density at radius 1 is 1.09 bits per heavy atom. The van der Waals surface area contributed by atoms with E-state index in [9.17, 15) is 4.79 Å². The predicted molar refractivity (Wildman–Crippen MR) is 129 cm³/mol. The Kier molecular flexibility index (Phi) is 7.98. The molecule has 8 nitrogen and oxygen atoms in total. The molecule has 2 heterocycles. The van der Waals surface area contributed by atoms with Gasteiger partial charge in [0.15, 0.2) is 23.2 Å². The van der Waals surface area contributed by atoms with Crippen LogP contribution in [0.3, 0.4) is 0 Å². The molecule has 1 amide bonds. The van der Waals surface area contributed by atoms with Crippen LogP contribution in [0, 0.1) is 0 Å². The lowest BCUT2D eigenvalue weighted by Gasteiger charge is -2.29. The van der Waals surface area contributed by atoms with Crippen LogP contribution in [0.4, 0.5) is 5.13 Å². The van der Waals surface area contributed by atoms with Gasteiger partial charge in [0.05, 0.1) is 31.6 Å². The molecule has 33 heavy (non-hydrogen) atoms. The van der Waals surface area contributed by atoms with Crippen LogP contribution >= 0.6 is 11.3 Å². The van der Waals surface area contributed by atoms with Crippen molar-refractivity contribution in [2.45, 2.75) is 6.92 Å². The number of hydrogen-bond donors (Lipinski definition) is 0. The van der Waals surface area contributed by atoms with E-state index in [1.165, 1.54) is 11.3 Å². The average Bonchev–Trinajstić information content (AvgIpc) is 3.29. The first-order valence-corrected chi connectivity index (χ1v) is 11.9. The fraction of sp³-hybridized carbons (Fsp3) is 0.417. The van der Waals surface area contributed by atoms with E-state index in [0.717, 1.165) is 35.6 Å². The van der Waals surface area contributed by atoms with Gasteiger partial charge in [-0.05, 0) is 31.2 Å². The van der Waals surface area contributed by atoms with Crippen molar-refractivity contribution in [1.82, 2.24) is 9.88 Å². The van der Waals surface area contributed by atoms with Crippen molar-refractivity contribution in [1.29, 1.82) is 0 Å². The number of thiazole rings is 1. The molecule has 3 aromatic rings. The molecule has 0 spiro atoms. The Balaban J connectivity index is 1.55. The number of carbonyl (C=O) groups excluding carboxylic acids is 1. The van der Waals surface area contributed by atoms with Gasteiger partial charge in [-0.25, -0.2) is 4.98 Å². The fourth-order valence-electron chi connectivity index (χ4n) is 3.65. The molecule has 1 saturated heterocycles. The van der Waals surface area contributed by atoms with Crippen LogP contribution in [0.1, 0.15) is 6.92 Å². The van der Waals surface area contributed by atoms with Gasteiger partial charge >= 0.3 is 0 Å². The first-order valence-electron chi connectivity index (χ1n) is 11.1. The van der Waals surface area contributed by atoms with E-state index in [1.54, 1.807) is 24.1 Å². The van der Waals surface area contributed by atoms with Crippen molar-refractivity contribution < 1.29 is 23.7 Å². The molecule has 0 atom stereocenters. The number of para-hydroxylation sites is 3. The number of methoxy groups -OCH3 is 1. The summed E-state index contributed by atoms with van der Waals surface area (Å²) in [4.78, 5) is 22.1. The SMILES string of the molecule is CCOc1cccc2sc(N(CCN3CCOCC3)C(=O)COc3ccccc3OC)nc12. The summed E-state index contributed by atoms with van der Waals surface area (Å²) in [6.07, 6.45) is 0. The predicted octanol–water partition coefficient (Wildman–Crippen LogP) is 3.45. The molecule has 1 aliphatic rings. The third-order valence-electron chi connectivity index (χ3n) is 5.37. The number of aromatic nitrogens is 1. The Morgan fingerprint density at radius 3 is 2.61 bits per heavy atom. The smallest absolute Gasteiger partial charge is 0.266 e. The summed E-state index contributed by atoms with van der Waals surface area (Å²) in [5.41, 5.74) is 0.772. The summed E-state index contributed by atoms with van der Waals surface area (Å²) in [6.45, 7) is 6.76. The Bertz CT molecular complexity index is 1070. The minimum Gasteiger partial charge on any atom is -0.493 e. The van der Waals surface area contributed by atoms with Gasteiger partial charge in [-0.15, -0.1) is 0 Å². The van der Waals surface area contributed by atoms with Gasteiger partial charge < -0.3 is 18.9 Å². The van der Waals surface area contributed by atoms with Crippen molar-refractivity contribution in [3.8, 4) is 17.2 Å². The number of rotatable bonds is 10. The topological polar surface area (TPSA) is 73.4 Å². The highest BCUT2D eigenvalue weighted by atomic mass is 32.1. The van der Waals surface area contributed by atoms with Crippen LogP contribution in [-0.4, -0.2) is 75.5 Å². The lowest BCUT2D eigenvalue weighted by atomic mass is 10.3. The number of ether oxygens (including phenoxy) is 4. The van der Waals surface area contributed by atoms with E-state index >= 15 is 0 Å². The molecular weight excluding hydrogens is 442 g/mol. The molecule has 2 aromatic carbocycles. The first kappa shape index (κ1) is 23.3. The molecule has 176 valence electrons. The molecule has 0 aliphatic carbocycles. The molecule has 1 aliphatic heterocycles. The third-order valence-corrected chi connectivity index (χ3v) is 6.41. The number of fused-ring (bicyclic) bond motifs is 1. The number of anilines is 1. The molecular formula is C24H29N3O5S. The van der Waals surface area contributed by atoms with Crippen molar-refractivity contribution in [3.63, 3.8) is 0 Å². The van der Waals surface area contributed by atoms with Gasteiger partial charge in [0.25, 0.3) is 5.91 Å². The van der Waals surface area contributed by atoms with Gasteiger partial charge in [-0.2, -0.15) is 0 Å². The van der Waals surface area contributed by atoms with Gasteiger partial charge in [0.2, 0.25) is 0 Å². The summed E-state index contributed by atoms with van der Waals surface area (Å²) in [7, 11) is 1.58. The van der Waals surface area contributed by atoms with E-state index in [4.69, 9.17) is 23.9 Å². The van der Waals surface area contributed by atoms with Gasteiger partial charge in [0.1, 0.15) is 11.3 Å². The Labute approximate surface area is 197 Å². The first-order chi connectivity index (χ1) is 16.2. The van der Waals surface area contributed by atoms with E-state index < -0.39 is 0 Å². The second-order valence-electron chi connectivity index (χ2n) is 7.47. The minimum atomic E-state index is -0.161. The van der Waals surface area contributed by atoms with Gasteiger partial charge in [-0.1, -0.05) is 29.5 Å². The second kappa shape index (κ2) is 11.3. The highest BCUT2D eigenvalue weighted by Gasteiger charge is 2.23. The van der Waals surface area contributed by atoms with Crippen LogP contribution in [0.15, 0.2) is 42.5 Å². The Hall–Kier alpha value is -2.88. The standard InChI is InChI=1S/C24H29N3O5S/c1-3-31-20-9-6-10-21-23(20)25-24(33-21)27(12-11-26-13-15-30-16-14-26)22(28)17-32-19-8-5-4-7-18(19)29-2/h4-10H,3,11-17H2,1-2H3. The molecule has 0 N–H and O–H groups in total. The maximum absolute atomic E-state index is 13.3. The minimum absolute atomic E-state index is 0.113. The highest BCUT2D eigenvalue weighted by Crippen LogP contribution is 2.34. The largest absolute Gasteiger partial charge is 0.493 e. The molecule has 0 unspecified atom stereocenters. The zero-order valence-electron chi connectivity index (χ0n) is 19.0. The van der Waals surface area contributed by atoms with E-state index in [2.05, 4.69) is 4.90 Å². The monoisotopic (exact) mass is 471 g/mol. The lowest BCUT2D eigenvalue weighted by Crippen LogP contribution is -2.44. The van der Waals surface area contributed by atoms with Gasteiger partial charge in [0, 0.05) is 26.2 Å². The quantitative estimate of drug-likeness (QED) is 0.448. The molecule has 4 rings (SSSR count). The van der Waals surface area contributed by atoms with Crippen molar-refractivity contribution in [2.24, 2.45) is 0 Å². The third kappa shape index (κ3) is 5.73. The molecule has 0 bridgehead atoms. The normalized spacial score (nSPS) is 14.2.